The number of halogens is 2. The zero-order chi connectivity index (χ0) is 22.4. The Hall–Kier alpha value is -0.246. The maximum atomic E-state index is 5.59. The Morgan fingerprint density at radius 3 is 1.76 bits per heavy atom. The number of hydrogen-bond acceptors (Lipinski definition) is 1. The first-order valence-electron chi connectivity index (χ1n) is 12.2. The van der Waals surface area contributed by atoms with Gasteiger partial charge in [-0.2, -0.15) is 0 Å². The molecule has 1 atom stereocenters. The van der Waals surface area contributed by atoms with Crippen LogP contribution in [-0.4, -0.2) is 26.2 Å². The van der Waals surface area contributed by atoms with E-state index in [1.807, 2.05) is 6.07 Å². The number of rotatable bonds is 11. The molecule has 1 aliphatic carbocycles. The van der Waals surface area contributed by atoms with E-state index in [9.17, 15) is 0 Å². The number of nitrogens with one attached hydrogen (secondary N) is 1. The maximum absolute atomic E-state index is 5.59. The van der Waals surface area contributed by atoms with Crippen molar-refractivity contribution < 1.29 is 56.2 Å². The molecule has 1 N–H and O–H groups in total. The van der Waals surface area contributed by atoms with E-state index >= 15 is 0 Å². The van der Waals surface area contributed by atoms with Gasteiger partial charge in [0.25, 0.3) is 0 Å². The van der Waals surface area contributed by atoms with Crippen molar-refractivity contribution >= 4 is 5.57 Å². The van der Waals surface area contributed by atoms with Crippen LogP contribution >= 0.6 is 0 Å². The molecule has 0 amide bonds. The summed E-state index contributed by atoms with van der Waals surface area (Å²) in [7, 11) is 4.03. The van der Waals surface area contributed by atoms with Crippen LogP contribution in [0.4, 0.5) is 0 Å². The van der Waals surface area contributed by atoms with Gasteiger partial charge in [-0.15, -0.1) is 0 Å². The molecule has 0 fully saturated rings. The Balaban J connectivity index is -0.000000602. The molecular formula is C28H48Cl2NOTi-. The van der Waals surface area contributed by atoms with Gasteiger partial charge >= 0.3 is 0 Å². The van der Waals surface area contributed by atoms with Crippen molar-refractivity contribution in [2.24, 2.45) is 0 Å². The quantitative estimate of drug-likeness (QED) is 0.329. The van der Waals surface area contributed by atoms with Gasteiger partial charge in [0.1, 0.15) is 5.76 Å². The fourth-order valence-electron chi connectivity index (χ4n) is 3.61. The first kappa shape index (κ1) is 37.3. The van der Waals surface area contributed by atoms with Gasteiger partial charge in [-0.25, -0.2) is 0 Å². The third-order valence-corrected chi connectivity index (χ3v) is 6.10. The Labute approximate surface area is 232 Å². The normalized spacial score (nSPS) is 13.5. The summed E-state index contributed by atoms with van der Waals surface area (Å²) < 4.78 is 5.59. The molecule has 2 rings (SSSR count). The van der Waals surface area contributed by atoms with Gasteiger partial charge in [0.2, 0.25) is 0 Å². The van der Waals surface area contributed by atoms with Crippen molar-refractivity contribution in [3.63, 3.8) is 0 Å². The van der Waals surface area contributed by atoms with Gasteiger partial charge in [-0.3, -0.25) is 0 Å². The van der Waals surface area contributed by atoms with E-state index in [-0.39, 0.29) is 52.1 Å². The number of likely N-dealkylation sites (N-methyl/N-ethyl adjacent to an activating group) is 1. The zero-order valence-corrected chi connectivity index (χ0v) is 25.3. The summed E-state index contributed by atoms with van der Waals surface area (Å²) in [4.78, 5) is 1.52. The van der Waals surface area contributed by atoms with Gasteiger partial charge in [-0.05, 0) is 38.0 Å². The zero-order valence-electron chi connectivity index (χ0n) is 22.2. The summed E-state index contributed by atoms with van der Waals surface area (Å²) in [5.74, 6) is 1.09. The van der Waals surface area contributed by atoms with Crippen LogP contribution in [0, 0.1) is 0 Å². The molecule has 1 aromatic carbocycles. The number of methoxy groups -OCH3 is 1. The first-order valence-corrected chi connectivity index (χ1v) is 12.2. The van der Waals surface area contributed by atoms with E-state index in [2.05, 4.69) is 72.0 Å². The molecule has 0 saturated carbocycles. The molecule has 0 aromatic heterocycles. The predicted octanol–water partition coefficient (Wildman–Crippen LogP) is 0.840. The Morgan fingerprint density at radius 2 is 1.33 bits per heavy atom. The molecule has 0 bridgehead atoms. The van der Waals surface area contributed by atoms with Gasteiger partial charge < -0.3 is 34.5 Å². The molecule has 5 heteroatoms. The van der Waals surface area contributed by atoms with Crippen molar-refractivity contribution in [2.75, 3.05) is 20.7 Å². The summed E-state index contributed by atoms with van der Waals surface area (Å²) in [6.07, 6.45) is 14.7. The molecular weight excluding hydrogens is 485 g/mol. The minimum Gasteiger partial charge on any atom is -1.00 e. The second-order valence-corrected chi connectivity index (χ2v) is 9.71. The number of benzene rings is 1. The molecule has 0 radical (unpaired) electrons. The van der Waals surface area contributed by atoms with E-state index in [0.29, 0.717) is 0 Å². The standard InChI is InChI=1S/C18H25NO.C10H22.2ClH.Ti/c1-18(2,3)19(4)13-14-11-16(17(12-14)20-5)15-9-7-6-8-10-15;1-3-5-7-9-10-8-6-4-2;;;/h6-11H,12-13H2,1-5H3;3-10H2,1-2H3;2*1H;/p-1. The van der Waals surface area contributed by atoms with E-state index in [1.54, 1.807) is 7.11 Å². The van der Waals surface area contributed by atoms with Crippen LogP contribution in [0.3, 0.4) is 0 Å². The van der Waals surface area contributed by atoms with Crippen molar-refractivity contribution in [1.82, 2.24) is 0 Å². The molecule has 0 saturated heterocycles. The molecule has 190 valence electrons. The molecule has 33 heavy (non-hydrogen) atoms. The smallest absolute Gasteiger partial charge is 0.108 e. The largest absolute Gasteiger partial charge is 1.00 e. The van der Waals surface area contributed by atoms with Crippen LogP contribution in [0.5, 0.6) is 0 Å². The van der Waals surface area contributed by atoms with Gasteiger partial charge in [0, 0.05) is 33.7 Å². The fourth-order valence-corrected chi connectivity index (χ4v) is 3.61. The monoisotopic (exact) mass is 532 g/mol. The van der Waals surface area contributed by atoms with Crippen molar-refractivity contribution in [1.29, 1.82) is 0 Å². The van der Waals surface area contributed by atoms with Crippen molar-refractivity contribution in [3.05, 3.63) is 53.3 Å². The van der Waals surface area contributed by atoms with E-state index < -0.39 is 0 Å². The summed E-state index contributed by atoms with van der Waals surface area (Å²) in [5.41, 5.74) is 4.20. The molecule has 1 aromatic rings. The molecule has 0 spiro atoms. The number of hydrogen-bond donors (Lipinski definition) is 1. The molecule has 1 aliphatic rings. The molecule has 2 nitrogen and oxygen atoms in total. The van der Waals surface area contributed by atoms with Crippen molar-refractivity contribution in [2.45, 2.75) is 97.9 Å². The van der Waals surface area contributed by atoms with Crippen LogP contribution < -0.4 is 29.7 Å². The van der Waals surface area contributed by atoms with E-state index in [0.717, 1.165) is 18.7 Å². The summed E-state index contributed by atoms with van der Waals surface area (Å²) >= 11 is 0. The minimum absolute atomic E-state index is 0. The summed E-state index contributed by atoms with van der Waals surface area (Å²) in [6.45, 7) is 12.4. The third kappa shape index (κ3) is 15.4. The molecule has 0 aliphatic heterocycles. The predicted molar refractivity (Wildman–Crippen MR) is 133 cm³/mol. The van der Waals surface area contributed by atoms with Crippen LogP contribution in [0.15, 0.2) is 47.7 Å². The summed E-state index contributed by atoms with van der Waals surface area (Å²) in [6, 6.07) is 10.5. The van der Waals surface area contributed by atoms with E-state index in [1.165, 1.54) is 73.0 Å². The van der Waals surface area contributed by atoms with Crippen LogP contribution in [0.25, 0.3) is 5.57 Å². The average Bonchev–Trinajstić information content (AvgIpc) is 3.14. The number of quaternary nitrogens is 1. The molecule has 1 unspecified atom stereocenters. The number of allylic oxidation sites excluding steroid dienone is 3. The number of unbranched alkanes of at least 4 members (excludes halogenated alkanes) is 7. The average molecular weight is 533 g/mol. The topological polar surface area (TPSA) is 13.7 Å². The molecule has 0 heterocycles. The van der Waals surface area contributed by atoms with Crippen LogP contribution in [0.1, 0.15) is 98.0 Å². The second kappa shape index (κ2) is 21.1. The fraction of sp³-hybridized carbons (Fsp3) is 0.643. The first-order chi connectivity index (χ1) is 14.3. The Bertz CT molecular complexity index is 646. The SMILES string of the molecule is CCCCCCCCCC.COC1=C(c2ccccc2)C=C(C[NH+](C)C(C)(C)C)C1.[Cl-].[Cl-].[Ti]. The minimum atomic E-state index is 0. The van der Waals surface area contributed by atoms with Crippen LogP contribution in [0.2, 0.25) is 0 Å². The summed E-state index contributed by atoms with van der Waals surface area (Å²) in [5, 5.41) is 0. The second-order valence-electron chi connectivity index (χ2n) is 9.71. The van der Waals surface area contributed by atoms with Gasteiger partial charge in [0.15, 0.2) is 0 Å². The number of ether oxygens (including phenoxy) is 1. The van der Waals surface area contributed by atoms with E-state index in [4.69, 9.17) is 4.74 Å². The van der Waals surface area contributed by atoms with Gasteiger partial charge in [0.05, 0.1) is 26.2 Å². The van der Waals surface area contributed by atoms with Crippen LogP contribution in [-0.2, 0) is 26.5 Å². The Kier molecular flexibility index (Phi) is 23.8. The maximum Gasteiger partial charge on any atom is 0.108 e. The Morgan fingerprint density at radius 1 is 0.848 bits per heavy atom. The van der Waals surface area contributed by atoms with Gasteiger partial charge in [-0.1, -0.05) is 95.5 Å². The third-order valence-electron chi connectivity index (χ3n) is 6.10. The van der Waals surface area contributed by atoms with Crippen molar-refractivity contribution in [3.8, 4) is 0 Å².